The van der Waals surface area contributed by atoms with Crippen LogP contribution in [0, 0.1) is 0 Å². The van der Waals surface area contributed by atoms with Crippen molar-refractivity contribution in [3.8, 4) is 0 Å². The number of aliphatic imine (C=N–C) groups is 1. The zero-order valence-electron chi connectivity index (χ0n) is 5.17. The summed E-state index contributed by atoms with van der Waals surface area (Å²) in [6.45, 7) is 6.19. The van der Waals surface area contributed by atoms with Gasteiger partial charge in [-0.15, -0.1) is 6.58 Å². The number of allylic oxidation sites excluding steroid dienone is 2. The molecule has 0 saturated carbocycles. The van der Waals surface area contributed by atoms with E-state index in [2.05, 4.69) is 11.6 Å². The predicted molar refractivity (Wildman–Crippen MR) is 38.4 cm³/mol. The summed E-state index contributed by atoms with van der Waals surface area (Å²) in [5.41, 5.74) is 0. The van der Waals surface area contributed by atoms with Crippen LogP contribution in [0.2, 0.25) is 0 Å². The maximum absolute atomic E-state index is 3.95. The molecule has 0 rings (SSSR count). The first-order chi connectivity index (χ1) is 3.91. The van der Waals surface area contributed by atoms with E-state index >= 15 is 0 Å². The molecule has 0 aliphatic rings. The van der Waals surface area contributed by atoms with Gasteiger partial charge in [0, 0.05) is 6.21 Å². The van der Waals surface area contributed by atoms with Gasteiger partial charge in [0.1, 0.15) is 0 Å². The van der Waals surface area contributed by atoms with E-state index in [-0.39, 0.29) is 0 Å². The Bertz CT molecular complexity index is 101. The van der Waals surface area contributed by atoms with E-state index < -0.39 is 0 Å². The Hall–Kier alpha value is -0.850. The van der Waals surface area contributed by atoms with Crippen LogP contribution in [0.15, 0.2) is 29.8 Å². The highest BCUT2D eigenvalue weighted by molar-refractivity contribution is 5.70. The van der Waals surface area contributed by atoms with Gasteiger partial charge in [0.25, 0.3) is 0 Å². The first-order valence-electron chi connectivity index (χ1n) is 2.63. The lowest BCUT2D eigenvalue weighted by molar-refractivity contribution is 1.27. The van der Waals surface area contributed by atoms with Crippen LogP contribution in [0.25, 0.3) is 0 Å². The van der Waals surface area contributed by atoms with Gasteiger partial charge in [0.05, 0.1) is 6.54 Å². The topological polar surface area (TPSA) is 12.4 Å². The summed E-state index contributed by atoms with van der Waals surface area (Å²) in [5, 5.41) is 0. The highest BCUT2D eigenvalue weighted by Crippen LogP contribution is 1.69. The Morgan fingerprint density at radius 3 is 2.88 bits per heavy atom. The molecule has 0 aromatic carbocycles. The summed E-state index contributed by atoms with van der Waals surface area (Å²) < 4.78 is 0. The molecule has 0 heterocycles. The van der Waals surface area contributed by atoms with Crippen molar-refractivity contribution >= 4 is 6.21 Å². The minimum absolute atomic E-state index is 0.713. The van der Waals surface area contributed by atoms with Crippen molar-refractivity contribution in [3.63, 3.8) is 0 Å². The van der Waals surface area contributed by atoms with Crippen LogP contribution in [-0.2, 0) is 0 Å². The molecule has 0 unspecified atom stereocenters. The lowest BCUT2D eigenvalue weighted by atomic mass is 10.5. The largest absolute Gasteiger partial charge is 0.289 e. The van der Waals surface area contributed by atoms with E-state index in [1.54, 1.807) is 12.3 Å². The van der Waals surface area contributed by atoms with E-state index in [0.717, 1.165) is 0 Å². The Morgan fingerprint density at radius 1 is 1.62 bits per heavy atom. The van der Waals surface area contributed by atoms with Crippen LogP contribution in [0.5, 0.6) is 0 Å². The molecular formula is C7H11N. The summed E-state index contributed by atoms with van der Waals surface area (Å²) in [6, 6.07) is 0. The van der Waals surface area contributed by atoms with Gasteiger partial charge in [-0.1, -0.05) is 12.2 Å². The summed E-state index contributed by atoms with van der Waals surface area (Å²) in [5.74, 6) is 0. The number of rotatable bonds is 3. The van der Waals surface area contributed by atoms with E-state index in [4.69, 9.17) is 0 Å². The molecule has 0 N–H and O–H groups in total. The molecule has 1 nitrogen and oxygen atoms in total. The fraction of sp³-hybridized carbons (Fsp3) is 0.286. The molecule has 0 radical (unpaired) electrons. The Balaban J connectivity index is 3.19. The van der Waals surface area contributed by atoms with Gasteiger partial charge in [-0.2, -0.15) is 0 Å². The molecule has 0 aliphatic heterocycles. The maximum atomic E-state index is 3.95. The lowest BCUT2D eigenvalue weighted by Gasteiger charge is -1.74. The highest BCUT2D eigenvalue weighted by Gasteiger charge is 1.61. The molecule has 0 aromatic rings. The molecule has 1 heteroatoms. The second kappa shape index (κ2) is 6.15. The van der Waals surface area contributed by atoms with Crippen molar-refractivity contribution in [3.05, 3.63) is 24.8 Å². The third kappa shape index (κ3) is 5.15. The molecule has 0 fully saturated rings. The SMILES string of the molecule is C=CC/N=C/C=C\C. The summed E-state index contributed by atoms with van der Waals surface area (Å²) >= 11 is 0. The third-order valence-electron chi connectivity index (χ3n) is 0.618. The van der Waals surface area contributed by atoms with Crippen LogP contribution in [-0.4, -0.2) is 12.8 Å². The molecule has 0 amide bonds. The molecular weight excluding hydrogens is 98.1 g/mol. The van der Waals surface area contributed by atoms with Crippen molar-refractivity contribution in [2.24, 2.45) is 4.99 Å². The van der Waals surface area contributed by atoms with Crippen LogP contribution in [0.3, 0.4) is 0 Å². The Labute approximate surface area is 50.4 Å². The minimum Gasteiger partial charge on any atom is -0.289 e. The van der Waals surface area contributed by atoms with Crippen molar-refractivity contribution in [2.75, 3.05) is 6.54 Å². The monoisotopic (exact) mass is 109 g/mol. The molecule has 0 atom stereocenters. The Morgan fingerprint density at radius 2 is 2.38 bits per heavy atom. The van der Waals surface area contributed by atoms with E-state index in [1.165, 1.54) is 0 Å². The minimum atomic E-state index is 0.713. The second-order valence-corrected chi connectivity index (χ2v) is 1.33. The van der Waals surface area contributed by atoms with E-state index in [0.29, 0.717) is 6.54 Å². The summed E-state index contributed by atoms with van der Waals surface area (Å²) in [7, 11) is 0. The van der Waals surface area contributed by atoms with Gasteiger partial charge in [-0.25, -0.2) is 0 Å². The normalized spacial score (nSPS) is 11.1. The number of hydrogen-bond acceptors (Lipinski definition) is 1. The smallest absolute Gasteiger partial charge is 0.0567 e. The number of hydrogen-bond donors (Lipinski definition) is 0. The van der Waals surface area contributed by atoms with Crippen LogP contribution >= 0.6 is 0 Å². The first kappa shape index (κ1) is 7.15. The molecule has 0 aliphatic carbocycles. The van der Waals surface area contributed by atoms with E-state index in [9.17, 15) is 0 Å². The maximum Gasteiger partial charge on any atom is 0.0567 e. The van der Waals surface area contributed by atoms with E-state index in [1.807, 2.05) is 19.1 Å². The van der Waals surface area contributed by atoms with Crippen LogP contribution < -0.4 is 0 Å². The second-order valence-electron chi connectivity index (χ2n) is 1.33. The average Bonchev–Trinajstić information content (AvgIpc) is 1.81. The number of nitrogens with zero attached hydrogens (tertiary/aromatic N) is 1. The van der Waals surface area contributed by atoms with Crippen molar-refractivity contribution in [1.29, 1.82) is 0 Å². The van der Waals surface area contributed by atoms with Gasteiger partial charge in [0.2, 0.25) is 0 Å². The van der Waals surface area contributed by atoms with Crippen molar-refractivity contribution in [1.82, 2.24) is 0 Å². The van der Waals surface area contributed by atoms with Crippen LogP contribution in [0.1, 0.15) is 6.92 Å². The Kier molecular flexibility index (Phi) is 5.50. The van der Waals surface area contributed by atoms with Gasteiger partial charge < -0.3 is 0 Å². The first-order valence-corrected chi connectivity index (χ1v) is 2.63. The van der Waals surface area contributed by atoms with Gasteiger partial charge in [-0.05, 0) is 13.0 Å². The lowest BCUT2D eigenvalue weighted by Crippen LogP contribution is -1.69. The van der Waals surface area contributed by atoms with Crippen molar-refractivity contribution in [2.45, 2.75) is 6.92 Å². The predicted octanol–water partition coefficient (Wildman–Crippen LogP) is 1.82. The summed E-state index contributed by atoms with van der Waals surface area (Å²) in [6.07, 6.45) is 7.36. The van der Waals surface area contributed by atoms with Gasteiger partial charge in [-0.3, -0.25) is 4.99 Å². The molecule has 0 saturated heterocycles. The molecule has 0 spiro atoms. The molecule has 44 valence electrons. The zero-order valence-corrected chi connectivity index (χ0v) is 5.17. The quantitative estimate of drug-likeness (QED) is 0.387. The van der Waals surface area contributed by atoms with Gasteiger partial charge in [0.15, 0.2) is 0 Å². The van der Waals surface area contributed by atoms with Crippen molar-refractivity contribution < 1.29 is 0 Å². The molecule has 8 heavy (non-hydrogen) atoms. The molecule has 0 aromatic heterocycles. The standard InChI is InChI=1S/C7H11N/c1-3-5-7-8-6-4-2/h3-5,7H,2,6H2,1H3/b5-3-,8-7+. The van der Waals surface area contributed by atoms with Gasteiger partial charge >= 0.3 is 0 Å². The highest BCUT2D eigenvalue weighted by atomic mass is 14.7. The van der Waals surface area contributed by atoms with Crippen LogP contribution in [0.4, 0.5) is 0 Å². The fourth-order valence-electron chi connectivity index (χ4n) is 0.282. The fourth-order valence-corrected chi connectivity index (χ4v) is 0.282. The third-order valence-corrected chi connectivity index (χ3v) is 0.618. The summed E-state index contributed by atoms with van der Waals surface area (Å²) in [4.78, 5) is 3.95. The average molecular weight is 109 g/mol. The molecule has 0 bridgehead atoms. The zero-order chi connectivity index (χ0) is 6.24.